The van der Waals surface area contributed by atoms with Gasteiger partial charge in [0.25, 0.3) is 5.91 Å². The highest BCUT2D eigenvalue weighted by Crippen LogP contribution is 2.15. The average molecular weight is 356 g/mol. The highest BCUT2D eigenvalue weighted by molar-refractivity contribution is 5.94. The molecule has 0 bridgehead atoms. The minimum atomic E-state index is -0.755. The molecule has 0 aliphatic carbocycles. The number of nitrogens with one attached hydrogen (secondary N) is 2. The molecule has 138 valence electrons. The number of aliphatic hydroxyl groups excluding tert-OH is 1. The molecular formula is C19H24N4O3. The molecule has 0 spiro atoms. The third kappa shape index (κ3) is 4.70. The molecule has 0 unspecified atom stereocenters. The molecule has 1 fully saturated rings. The second kappa shape index (κ2) is 8.62. The molecule has 2 amide bonds. The zero-order valence-electron chi connectivity index (χ0n) is 14.6. The molecule has 1 aromatic carbocycles. The number of aryl methyl sites for hydroxylation is 1. The monoisotopic (exact) mass is 356 g/mol. The maximum Gasteiger partial charge on any atom is 0.253 e. The van der Waals surface area contributed by atoms with E-state index in [9.17, 15) is 14.7 Å². The number of amides is 2. The van der Waals surface area contributed by atoms with Crippen molar-refractivity contribution >= 4 is 11.8 Å². The van der Waals surface area contributed by atoms with Crippen LogP contribution in [0.15, 0.2) is 42.7 Å². The fourth-order valence-electron chi connectivity index (χ4n) is 3.19. The summed E-state index contributed by atoms with van der Waals surface area (Å²) in [6.07, 6.45) is 5.29. The zero-order valence-corrected chi connectivity index (χ0v) is 14.6. The van der Waals surface area contributed by atoms with Gasteiger partial charge in [0.05, 0.1) is 18.3 Å². The lowest BCUT2D eigenvalue weighted by molar-refractivity contribution is -0.123. The molecule has 3 rings (SSSR count). The van der Waals surface area contributed by atoms with Crippen molar-refractivity contribution in [3.05, 3.63) is 53.9 Å². The molecule has 1 aliphatic heterocycles. The average Bonchev–Trinajstić information content (AvgIpc) is 3.17. The molecule has 2 heterocycles. The topological polar surface area (TPSA) is 98.3 Å². The molecule has 3 N–H and O–H groups in total. The van der Waals surface area contributed by atoms with Crippen LogP contribution in [0.25, 0.3) is 0 Å². The highest BCUT2D eigenvalue weighted by Gasteiger charge is 2.31. The number of H-pyrrole nitrogens is 1. The van der Waals surface area contributed by atoms with Crippen LogP contribution in [-0.2, 0) is 11.2 Å². The minimum Gasteiger partial charge on any atom is -0.389 e. The third-order valence-corrected chi connectivity index (χ3v) is 4.66. The molecule has 7 nitrogen and oxygen atoms in total. The molecule has 26 heavy (non-hydrogen) atoms. The number of nitrogens with zero attached hydrogens (tertiary/aromatic N) is 2. The number of aliphatic hydroxyl groups is 1. The normalized spacial score (nSPS) is 20.0. The van der Waals surface area contributed by atoms with Gasteiger partial charge in [-0.05, 0) is 37.0 Å². The summed E-state index contributed by atoms with van der Waals surface area (Å²) in [5, 5.41) is 19.9. The van der Waals surface area contributed by atoms with Crippen LogP contribution < -0.4 is 5.32 Å². The number of carbonyl (C=O) groups excluding carboxylic acids is 2. The largest absolute Gasteiger partial charge is 0.389 e. The molecule has 2 atom stereocenters. The summed E-state index contributed by atoms with van der Waals surface area (Å²) < 4.78 is 0. The Morgan fingerprint density at radius 2 is 2.12 bits per heavy atom. The van der Waals surface area contributed by atoms with E-state index in [1.165, 1.54) is 0 Å². The van der Waals surface area contributed by atoms with Crippen molar-refractivity contribution in [2.45, 2.75) is 37.8 Å². The van der Waals surface area contributed by atoms with Gasteiger partial charge in [0.2, 0.25) is 5.91 Å². The Morgan fingerprint density at radius 1 is 1.31 bits per heavy atom. The first kappa shape index (κ1) is 18.1. The van der Waals surface area contributed by atoms with Crippen LogP contribution >= 0.6 is 0 Å². The highest BCUT2D eigenvalue weighted by atomic mass is 16.3. The lowest BCUT2D eigenvalue weighted by Gasteiger charge is -2.36. The van der Waals surface area contributed by atoms with Crippen molar-refractivity contribution in [2.75, 3.05) is 13.1 Å². The molecular weight excluding hydrogens is 332 g/mol. The molecule has 1 saturated heterocycles. The van der Waals surface area contributed by atoms with E-state index in [0.29, 0.717) is 24.9 Å². The third-order valence-electron chi connectivity index (χ3n) is 4.66. The van der Waals surface area contributed by atoms with E-state index in [1.54, 1.807) is 23.2 Å². The number of aromatic amines is 1. The van der Waals surface area contributed by atoms with Gasteiger partial charge in [0.15, 0.2) is 0 Å². The maximum absolute atomic E-state index is 12.4. The van der Waals surface area contributed by atoms with E-state index in [1.807, 2.05) is 24.4 Å². The summed E-state index contributed by atoms with van der Waals surface area (Å²) in [5.41, 5.74) is 1.69. The first-order chi connectivity index (χ1) is 12.6. The standard InChI is InChI=1S/C19H24N4O3/c24-17-13-23(19(26)15-6-2-1-3-7-15)10-9-16(17)22-18(25)8-4-5-14-11-20-21-12-14/h1-3,6-7,11-12,16-17,24H,4-5,8-10,13H2,(H,20,21)(H,22,25)/t16-,17-/m1/s1. The summed E-state index contributed by atoms with van der Waals surface area (Å²) in [6.45, 7) is 0.748. The van der Waals surface area contributed by atoms with Gasteiger partial charge < -0.3 is 15.3 Å². The van der Waals surface area contributed by atoms with Gasteiger partial charge in [-0.15, -0.1) is 0 Å². The molecule has 0 radical (unpaired) electrons. The fourth-order valence-corrected chi connectivity index (χ4v) is 3.19. The number of carbonyl (C=O) groups is 2. The smallest absolute Gasteiger partial charge is 0.253 e. The molecule has 7 heteroatoms. The van der Waals surface area contributed by atoms with Crippen LogP contribution in [0.4, 0.5) is 0 Å². The Morgan fingerprint density at radius 3 is 2.81 bits per heavy atom. The van der Waals surface area contributed by atoms with Gasteiger partial charge in [-0.25, -0.2) is 0 Å². The number of piperidine rings is 1. The number of hydrogen-bond acceptors (Lipinski definition) is 4. The van der Waals surface area contributed by atoms with Crippen molar-refractivity contribution in [3.63, 3.8) is 0 Å². The Hall–Kier alpha value is -2.67. The van der Waals surface area contributed by atoms with E-state index >= 15 is 0 Å². The summed E-state index contributed by atoms with van der Waals surface area (Å²) in [7, 11) is 0. The number of likely N-dealkylation sites (tertiary alicyclic amines) is 1. The van der Waals surface area contributed by atoms with Crippen molar-refractivity contribution in [2.24, 2.45) is 0 Å². The lowest BCUT2D eigenvalue weighted by atomic mass is 10.0. The van der Waals surface area contributed by atoms with Crippen molar-refractivity contribution < 1.29 is 14.7 Å². The Labute approximate surface area is 152 Å². The van der Waals surface area contributed by atoms with E-state index in [4.69, 9.17) is 0 Å². The van der Waals surface area contributed by atoms with E-state index in [-0.39, 0.29) is 24.4 Å². The van der Waals surface area contributed by atoms with Crippen LogP contribution in [-0.4, -0.2) is 57.3 Å². The second-order valence-electron chi connectivity index (χ2n) is 6.61. The predicted molar refractivity (Wildman–Crippen MR) is 96.4 cm³/mol. The van der Waals surface area contributed by atoms with Gasteiger partial charge in [0, 0.05) is 31.3 Å². The molecule has 1 aromatic heterocycles. The van der Waals surface area contributed by atoms with Crippen LogP contribution in [0.5, 0.6) is 0 Å². The van der Waals surface area contributed by atoms with Crippen LogP contribution in [0.3, 0.4) is 0 Å². The predicted octanol–water partition coefficient (Wildman–Crippen LogP) is 1.12. The van der Waals surface area contributed by atoms with Crippen LogP contribution in [0.1, 0.15) is 35.2 Å². The van der Waals surface area contributed by atoms with Gasteiger partial charge in [0.1, 0.15) is 0 Å². The number of rotatable bonds is 6. The van der Waals surface area contributed by atoms with Gasteiger partial charge in [-0.2, -0.15) is 5.10 Å². The van der Waals surface area contributed by atoms with E-state index < -0.39 is 6.10 Å². The van der Waals surface area contributed by atoms with Gasteiger partial charge in [-0.3, -0.25) is 14.7 Å². The summed E-state index contributed by atoms with van der Waals surface area (Å²) in [4.78, 5) is 26.2. The van der Waals surface area contributed by atoms with Crippen LogP contribution in [0, 0.1) is 0 Å². The first-order valence-electron chi connectivity index (χ1n) is 8.93. The second-order valence-corrected chi connectivity index (χ2v) is 6.61. The number of benzene rings is 1. The lowest BCUT2D eigenvalue weighted by Crippen LogP contribution is -2.55. The van der Waals surface area contributed by atoms with Gasteiger partial charge in [-0.1, -0.05) is 18.2 Å². The number of β-amino-alcohol motifs (C(OH)–C–C–N with tert-alkyl or cyclic N) is 1. The number of hydrogen-bond donors (Lipinski definition) is 3. The minimum absolute atomic E-state index is 0.0691. The van der Waals surface area contributed by atoms with Crippen molar-refractivity contribution in [3.8, 4) is 0 Å². The summed E-state index contributed by atoms with van der Waals surface area (Å²) >= 11 is 0. The van der Waals surface area contributed by atoms with Crippen molar-refractivity contribution in [1.29, 1.82) is 0 Å². The Bertz CT molecular complexity index is 718. The van der Waals surface area contributed by atoms with E-state index in [0.717, 1.165) is 18.4 Å². The first-order valence-corrected chi connectivity index (χ1v) is 8.93. The summed E-state index contributed by atoms with van der Waals surface area (Å²) in [6, 6.07) is 8.72. The van der Waals surface area contributed by atoms with Crippen molar-refractivity contribution in [1.82, 2.24) is 20.4 Å². The number of aromatic nitrogens is 2. The van der Waals surface area contributed by atoms with Gasteiger partial charge >= 0.3 is 0 Å². The SMILES string of the molecule is O=C(CCCc1cn[nH]c1)N[C@@H]1CCN(C(=O)c2ccccc2)C[C@H]1O. The molecule has 2 aromatic rings. The quantitative estimate of drug-likeness (QED) is 0.722. The Balaban J connectivity index is 1.43. The summed E-state index contributed by atoms with van der Waals surface area (Å²) in [5.74, 6) is -0.157. The Kier molecular flexibility index (Phi) is 6.01. The molecule has 0 saturated carbocycles. The maximum atomic E-state index is 12.4. The molecule has 1 aliphatic rings. The van der Waals surface area contributed by atoms with Crippen LogP contribution in [0.2, 0.25) is 0 Å². The fraction of sp³-hybridized carbons (Fsp3) is 0.421. The van der Waals surface area contributed by atoms with E-state index in [2.05, 4.69) is 15.5 Å². The zero-order chi connectivity index (χ0) is 18.4.